The van der Waals surface area contributed by atoms with Crippen LogP contribution in [0.1, 0.15) is 117 Å². The highest BCUT2D eigenvalue weighted by molar-refractivity contribution is 5.70. The van der Waals surface area contributed by atoms with Gasteiger partial charge in [0.05, 0.1) is 13.0 Å². The third-order valence-electron chi connectivity index (χ3n) is 5.34. The third-order valence-corrected chi connectivity index (χ3v) is 5.34. The fourth-order valence-corrected chi connectivity index (χ4v) is 3.66. The third kappa shape index (κ3) is 7.14. The average Bonchev–Trinajstić information content (AvgIpc) is 2.56. The van der Waals surface area contributed by atoms with Crippen molar-refractivity contribution < 1.29 is 14.6 Å². The number of ether oxygens (including phenoxy) is 1. The molecule has 0 saturated heterocycles. The summed E-state index contributed by atoms with van der Waals surface area (Å²) in [6.07, 6.45) is 6.08. The molecular weight excluding hydrogens is 348 g/mol. The van der Waals surface area contributed by atoms with Gasteiger partial charge in [0.2, 0.25) is 0 Å². The van der Waals surface area contributed by atoms with Crippen LogP contribution in [0.2, 0.25) is 0 Å². The molecule has 3 nitrogen and oxygen atoms in total. The molecule has 1 atom stereocenters. The maximum absolute atomic E-state index is 12.3. The number of hydrogen-bond donors (Lipinski definition) is 1. The minimum absolute atomic E-state index is 0.124. The molecule has 1 aromatic rings. The Morgan fingerprint density at radius 2 is 1.50 bits per heavy atom. The van der Waals surface area contributed by atoms with E-state index < -0.39 is 0 Å². The summed E-state index contributed by atoms with van der Waals surface area (Å²) in [6.45, 7) is 17.2. The van der Waals surface area contributed by atoms with Crippen LogP contribution in [0, 0.1) is 0 Å². The summed E-state index contributed by atoms with van der Waals surface area (Å²) < 4.78 is 5.25. The van der Waals surface area contributed by atoms with Crippen LogP contribution >= 0.6 is 0 Å². The molecule has 0 saturated carbocycles. The largest absolute Gasteiger partial charge is 0.507 e. The first-order chi connectivity index (χ1) is 12.9. The molecule has 0 aromatic heterocycles. The van der Waals surface area contributed by atoms with E-state index in [1.807, 2.05) is 6.92 Å². The summed E-state index contributed by atoms with van der Waals surface area (Å²) in [7, 11) is 0. The Kier molecular flexibility index (Phi) is 9.04. The molecule has 1 N–H and O–H groups in total. The second-order valence-corrected chi connectivity index (χ2v) is 10.0. The number of aromatic hydroxyl groups is 1. The van der Waals surface area contributed by atoms with Gasteiger partial charge >= 0.3 is 5.97 Å². The molecular formula is C25H42O3. The molecule has 0 aliphatic heterocycles. The summed E-state index contributed by atoms with van der Waals surface area (Å²) in [5.74, 6) is 0.383. The first-order valence-electron chi connectivity index (χ1n) is 10.9. The van der Waals surface area contributed by atoms with Crippen molar-refractivity contribution in [1.29, 1.82) is 0 Å². The molecule has 0 radical (unpaired) electrons. The Morgan fingerprint density at radius 3 is 1.93 bits per heavy atom. The minimum Gasteiger partial charge on any atom is -0.507 e. The molecule has 0 aliphatic rings. The maximum atomic E-state index is 12.3. The molecule has 1 unspecified atom stereocenters. The molecule has 1 aromatic carbocycles. The highest BCUT2D eigenvalue weighted by Gasteiger charge is 2.28. The molecule has 1 rings (SSSR count). The van der Waals surface area contributed by atoms with Crippen LogP contribution in [-0.2, 0) is 20.4 Å². The zero-order chi connectivity index (χ0) is 21.5. The smallest absolute Gasteiger partial charge is 0.306 e. The van der Waals surface area contributed by atoms with Crippen LogP contribution in [0.4, 0.5) is 0 Å². The van der Waals surface area contributed by atoms with Crippen molar-refractivity contribution in [3.63, 3.8) is 0 Å². The zero-order valence-corrected chi connectivity index (χ0v) is 19.4. The van der Waals surface area contributed by atoms with Gasteiger partial charge in [-0.15, -0.1) is 0 Å². The molecule has 0 fully saturated rings. The fourth-order valence-electron chi connectivity index (χ4n) is 3.66. The summed E-state index contributed by atoms with van der Waals surface area (Å²) in [5.41, 5.74) is 2.72. The second-order valence-electron chi connectivity index (χ2n) is 10.0. The van der Waals surface area contributed by atoms with Gasteiger partial charge in [-0.05, 0) is 46.8 Å². The number of phenolic OH excluding ortho intramolecular Hbond substituents is 1. The van der Waals surface area contributed by atoms with Crippen LogP contribution in [0.5, 0.6) is 5.75 Å². The Bertz CT molecular complexity index is 597. The van der Waals surface area contributed by atoms with Crippen LogP contribution in [0.15, 0.2) is 12.1 Å². The van der Waals surface area contributed by atoms with Gasteiger partial charge in [-0.1, -0.05) is 86.3 Å². The van der Waals surface area contributed by atoms with E-state index >= 15 is 0 Å². The lowest BCUT2D eigenvalue weighted by atomic mass is 9.76. The fraction of sp³-hybridized carbons (Fsp3) is 0.720. The lowest BCUT2D eigenvalue weighted by Gasteiger charge is -2.30. The van der Waals surface area contributed by atoms with E-state index in [1.165, 1.54) is 19.3 Å². The molecule has 0 aliphatic carbocycles. The van der Waals surface area contributed by atoms with E-state index in [0.29, 0.717) is 18.8 Å². The van der Waals surface area contributed by atoms with Gasteiger partial charge in [-0.25, -0.2) is 0 Å². The molecule has 0 amide bonds. The predicted octanol–water partition coefficient (Wildman–Crippen LogP) is 6.99. The number of carbonyl (C=O) groups excluding carboxylic acids is 1. The Hall–Kier alpha value is -1.51. The summed E-state index contributed by atoms with van der Waals surface area (Å²) in [6, 6.07) is 4.24. The number of carbonyl (C=O) groups is 1. The lowest BCUT2D eigenvalue weighted by molar-refractivity contribution is -0.143. The van der Waals surface area contributed by atoms with Crippen molar-refractivity contribution in [3.8, 4) is 5.75 Å². The topological polar surface area (TPSA) is 46.5 Å². The first kappa shape index (κ1) is 24.5. The van der Waals surface area contributed by atoms with Crippen molar-refractivity contribution >= 4 is 5.97 Å². The predicted molar refractivity (Wildman–Crippen MR) is 118 cm³/mol. The first-order valence-corrected chi connectivity index (χ1v) is 10.9. The van der Waals surface area contributed by atoms with Gasteiger partial charge in [0.25, 0.3) is 0 Å². The molecule has 0 bridgehead atoms. The highest BCUT2D eigenvalue weighted by atomic mass is 16.5. The van der Waals surface area contributed by atoms with Crippen molar-refractivity contribution in [3.05, 3.63) is 28.8 Å². The lowest BCUT2D eigenvalue weighted by Crippen LogP contribution is -2.19. The molecule has 28 heavy (non-hydrogen) atoms. The van der Waals surface area contributed by atoms with E-state index in [1.54, 1.807) is 0 Å². The molecule has 160 valence electrons. The normalized spacial score (nSPS) is 13.4. The van der Waals surface area contributed by atoms with Crippen LogP contribution < -0.4 is 0 Å². The SMILES string of the molecule is CCCCCCC(CC(=O)OCC)c1cc(C(C)(C)C)c(O)c(C(C)(C)C)c1. The van der Waals surface area contributed by atoms with Crippen LogP contribution in [0.25, 0.3) is 0 Å². The van der Waals surface area contributed by atoms with Gasteiger partial charge in [-0.3, -0.25) is 4.79 Å². The van der Waals surface area contributed by atoms with E-state index in [4.69, 9.17) is 4.74 Å². The Morgan fingerprint density at radius 1 is 0.964 bits per heavy atom. The van der Waals surface area contributed by atoms with Gasteiger partial charge < -0.3 is 9.84 Å². The second kappa shape index (κ2) is 10.3. The van der Waals surface area contributed by atoms with E-state index in [2.05, 4.69) is 60.6 Å². The van der Waals surface area contributed by atoms with Gasteiger partial charge in [-0.2, -0.15) is 0 Å². The number of unbranched alkanes of at least 4 members (excludes halogenated alkanes) is 3. The average molecular weight is 391 g/mol. The van der Waals surface area contributed by atoms with Crippen LogP contribution in [0.3, 0.4) is 0 Å². The van der Waals surface area contributed by atoms with Gasteiger partial charge in [0, 0.05) is 0 Å². The number of benzene rings is 1. The van der Waals surface area contributed by atoms with Crippen LogP contribution in [-0.4, -0.2) is 17.7 Å². The molecule has 0 heterocycles. The van der Waals surface area contributed by atoms with E-state index in [9.17, 15) is 9.90 Å². The number of rotatable bonds is 9. The number of phenols is 1. The van der Waals surface area contributed by atoms with E-state index in [0.717, 1.165) is 29.5 Å². The summed E-state index contributed by atoms with van der Waals surface area (Å²) in [5, 5.41) is 11.0. The Balaban J connectivity index is 3.38. The van der Waals surface area contributed by atoms with Gasteiger partial charge in [0.15, 0.2) is 0 Å². The van der Waals surface area contributed by atoms with Crippen molar-refractivity contribution in [2.45, 2.75) is 111 Å². The summed E-state index contributed by atoms with van der Waals surface area (Å²) in [4.78, 5) is 12.3. The standard InChI is InChI=1S/C25H42O3/c1-9-11-12-13-14-18(17-22(26)28-10-2)19-15-20(24(3,4)5)23(27)21(16-19)25(6,7)8/h15-16,18,27H,9-14,17H2,1-8H3. The van der Waals surface area contributed by atoms with Crippen molar-refractivity contribution in [2.75, 3.05) is 6.61 Å². The minimum atomic E-state index is -0.170. The zero-order valence-electron chi connectivity index (χ0n) is 19.4. The summed E-state index contributed by atoms with van der Waals surface area (Å²) >= 11 is 0. The monoisotopic (exact) mass is 390 g/mol. The number of hydrogen-bond acceptors (Lipinski definition) is 3. The maximum Gasteiger partial charge on any atom is 0.306 e. The van der Waals surface area contributed by atoms with E-state index in [-0.39, 0.29) is 22.7 Å². The quantitative estimate of drug-likeness (QED) is 0.365. The highest BCUT2D eigenvalue weighted by Crippen LogP contribution is 2.42. The van der Waals surface area contributed by atoms with Crippen molar-refractivity contribution in [1.82, 2.24) is 0 Å². The molecule has 3 heteroatoms. The number of esters is 1. The van der Waals surface area contributed by atoms with Gasteiger partial charge in [0.1, 0.15) is 5.75 Å². The van der Waals surface area contributed by atoms with Crippen molar-refractivity contribution in [2.24, 2.45) is 0 Å². The Labute approximate surface area is 172 Å². The molecule has 0 spiro atoms.